The fraction of sp³-hybridized carbons (Fsp3) is 0.385. The largest absolute Gasteiger partial charge is 0.497 e. The molecule has 0 N–H and O–H groups in total. The van der Waals surface area contributed by atoms with Crippen LogP contribution in [0, 0.1) is 5.92 Å². The molecule has 2 heterocycles. The molecule has 1 atom stereocenters. The number of carbonyl (C=O) groups excluding carboxylic acids is 2. The van der Waals surface area contributed by atoms with Gasteiger partial charge in [0.15, 0.2) is 0 Å². The number of anilines is 1. The highest BCUT2D eigenvalue weighted by Crippen LogP contribution is 2.41. The first kappa shape index (κ1) is 22.7. The molecule has 1 unspecified atom stereocenters. The Labute approximate surface area is 194 Å². The maximum absolute atomic E-state index is 13.8. The van der Waals surface area contributed by atoms with Gasteiger partial charge in [-0.05, 0) is 55.5 Å². The zero-order valence-corrected chi connectivity index (χ0v) is 19.6. The number of hydrogen-bond donors (Lipinski definition) is 0. The van der Waals surface area contributed by atoms with E-state index in [0.717, 1.165) is 31.7 Å². The smallest absolute Gasteiger partial charge is 0.282 e. The third-order valence-electron chi connectivity index (χ3n) is 6.11. The van der Waals surface area contributed by atoms with E-state index in [-0.39, 0.29) is 11.8 Å². The number of hydrogen-bond acceptors (Lipinski definition) is 6. The van der Waals surface area contributed by atoms with Crippen molar-refractivity contribution < 1.29 is 23.8 Å². The molecule has 2 aliphatic rings. The fourth-order valence-electron chi connectivity index (χ4n) is 4.54. The fourth-order valence-corrected chi connectivity index (χ4v) is 4.54. The lowest BCUT2D eigenvalue weighted by Gasteiger charge is -2.33. The first-order chi connectivity index (χ1) is 16.0. The van der Waals surface area contributed by atoms with Crippen molar-refractivity contribution in [3.63, 3.8) is 0 Å². The van der Waals surface area contributed by atoms with Crippen LogP contribution in [0.2, 0.25) is 0 Å². The molecule has 0 aromatic heterocycles. The highest BCUT2D eigenvalue weighted by Gasteiger charge is 2.44. The Balaban J connectivity index is 1.83. The van der Waals surface area contributed by atoms with Crippen LogP contribution in [0.4, 0.5) is 5.69 Å². The van der Waals surface area contributed by atoms with Gasteiger partial charge in [-0.2, -0.15) is 0 Å². The van der Waals surface area contributed by atoms with Crippen LogP contribution in [0.15, 0.2) is 48.2 Å². The number of benzene rings is 2. The normalized spacial score (nSPS) is 18.7. The van der Waals surface area contributed by atoms with Gasteiger partial charge in [-0.3, -0.25) is 9.59 Å². The summed E-state index contributed by atoms with van der Waals surface area (Å²) >= 11 is 0. The van der Waals surface area contributed by atoms with Crippen molar-refractivity contribution in [3.05, 3.63) is 53.7 Å². The van der Waals surface area contributed by atoms with Crippen LogP contribution in [-0.4, -0.2) is 50.6 Å². The Kier molecular flexibility index (Phi) is 6.58. The molecule has 2 aromatic carbocycles. The average molecular weight is 451 g/mol. The Bertz CT molecular complexity index is 1080. The minimum Gasteiger partial charge on any atom is -0.497 e. The Morgan fingerprint density at radius 1 is 0.970 bits per heavy atom. The van der Waals surface area contributed by atoms with Crippen molar-refractivity contribution >= 4 is 23.1 Å². The van der Waals surface area contributed by atoms with Crippen molar-refractivity contribution in [2.75, 3.05) is 38.8 Å². The summed E-state index contributed by atoms with van der Waals surface area (Å²) in [5.41, 5.74) is 1.91. The maximum Gasteiger partial charge on any atom is 0.282 e. The Morgan fingerprint density at radius 3 is 2.33 bits per heavy atom. The number of ether oxygens (including phenoxy) is 3. The van der Waals surface area contributed by atoms with Crippen LogP contribution in [-0.2, 0) is 9.59 Å². The molecule has 174 valence electrons. The molecule has 0 bridgehead atoms. The summed E-state index contributed by atoms with van der Waals surface area (Å²) in [6, 6.07) is 12.4. The van der Waals surface area contributed by atoms with Gasteiger partial charge >= 0.3 is 0 Å². The highest BCUT2D eigenvalue weighted by molar-refractivity contribution is 6.45. The summed E-state index contributed by atoms with van der Waals surface area (Å²) in [5, 5.41) is 0. The predicted molar refractivity (Wildman–Crippen MR) is 127 cm³/mol. The lowest BCUT2D eigenvalue weighted by molar-refractivity contribution is -0.120. The van der Waals surface area contributed by atoms with E-state index in [4.69, 9.17) is 14.2 Å². The number of carbonyl (C=O) groups is 2. The summed E-state index contributed by atoms with van der Waals surface area (Å²) in [4.78, 5) is 30.9. The second kappa shape index (κ2) is 9.57. The third-order valence-corrected chi connectivity index (χ3v) is 6.11. The topological polar surface area (TPSA) is 68.3 Å². The van der Waals surface area contributed by atoms with Crippen LogP contribution in [0.3, 0.4) is 0 Å². The first-order valence-electron chi connectivity index (χ1n) is 11.3. The molecule has 33 heavy (non-hydrogen) atoms. The molecule has 0 radical (unpaired) electrons. The van der Waals surface area contributed by atoms with E-state index in [0.29, 0.717) is 46.5 Å². The van der Waals surface area contributed by atoms with Crippen molar-refractivity contribution in [2.45, 2.75) is 26.7 Å². The van der Waals surface area contributed by atoms with E-state index >= 15 is 0 Å². The van der Waals surface area contributed by atoms with Crippen LogP contribution < -0.4 is 19.1 Å². The number of nitrogens with zero attached hydrogens (tertiary/aromatic N) is 2. The molecule has 2 aromatic rings. The Hall–Kier alpha value is -3.48. The van der Waals surface area contributed by atoms with E-state index < -0.39 is 0 Å². The zero-order valence-electron chi connectivity index (χ0n) is 19.6. The first-order valence-corrected chi connectivity index (χ1v) is 11.3. The minimum atomic E-state index is -0.371. The van der Waals surface area contributed by atoms with E-state index in [1.54, 1.807) is 25.3 Å². The van der Waals surface area contributed by atoms with Gasteiger partial charge in [0.2, 0.25) is 0 Å². The number of imide groups is 1. The molecule has 7 heteroatoms. The lowest BCUT2D eigenvalue weighted by Crippen LogP contribution is -2.39. The maximum atomic E-state index is 13.8. The zero-order chi connectivity index (χ0) is 23.5. The number of piperidine rings is 1. The van der Waals surface area contributed by atoms with Gasteiger partial charge in [0, 0.05) is 19.2 Å². The van der Waals surface area contributed by atoms with Gasteiger partial charge in [0.25, 0.3) is 11.8 Å². The van der Waals surface area contributed by atoms with E-state index in [1.165, 1.54) is 12.0 Å². The number of methoxy groups -OCH3 is 2. The second-order valence-corrected chi connectivity index (χ2v) is 8.36. The molecule has 0 aliphatic carbocycles. The summed E-state index contributed by atoms with van der Waals surface area (Å²) in [7, 11) is 3.06. The molecule has 7 nitrogen and oxygen atoms in total. The summed E-state index contributed by atoms with van der Waals surface area (Å²) in [5.74, 6) is 1.41. The quantitative estimate of drug-likeness (QED) is 0.591. The Morgan fingerprint density at radius 2 is 1.70 bits per heavy atom. The monoisotopic (exact) mass is 450 g/mol. The third kappa shape index (κ3) is 4.27. The number of rotatable bonds is 7. The molecule has 2 aliphatic heterocycles. The van der Waals surface area contributed by atoms with Crippen molar-refractivity contribution in [1.82, 2.24) is 4.90 Å². The molecule has 0 saturated carbocycles. The van der Waals surface area contributed by atoms with Gasteiger partial charge in [-0.25, -0.2) is 4.90 Å². The average Bonchev–Trinajstić information content (AvgIpc) is 3.09. The molecule has 0 spiro atoms. The van der Waals surface area contributed by atoms with Crippen molar-refractivity contribution in [1.29, 1.82) is 0 Å². The van der Waals surface area contributed by atoms with Gasteiger partial charge in [-0.15, -0.1) is 0 Å². The highest BCUT2D eigenvalue weighted by atomic mass is 16.5. The number of likely N-dealkylation sites (tertiary alicyclic amines) is 1. The summed E-state index contributed by atoms with van der Waals surface area (Å²) in [6.07, 6.45) is 2.09. The summed E-state index contributed by atoms with van der Waals surface area (Å²) < 4.78 is 16.4. The molecular weight excluding hydrogens is 420 g/mol. The van der Waals surface area contributed by atoms with Gasteiger partial charge in [0.1, 0.15) is 22.9 Å². The van der Waals surface area contributed by atoms with E-state index in [9.17, 15) is 9.59 Å². The molecule has 4 rings (SSSR count). The molecular formula is C26H30N2O5. The minimum absolute atomic E-state index is 0.343. The standard InChI is InChI=1S/C26H30N2O5/c1-5-33-19-10-8-18(9-11-19)23-24(27-14-6-7-17(2)16-27)26(30)28(25(23)29)21-15-20(31-3)12-13-22(21)32-4/h8-13,15,17H,5-7,14,16H2,1-4H3. The van der Waals surface area contributed by atoms with Gasteiger partial charge in [0.05, 0.1) is 32.1 Å². The van der Waals surface area contributed by atoms with Crippen LogP contribution >= 0.6 is 0 Å². The van der Waals surface area contributed by atoms with E-state index in [1.807, 2.05) is 31.2 Å². The van der Waals surface area contributed by atoms with Crippen LogP contribution in [0.5, 0.6) is 17.2 Å². The lowest BCUT2D eigenvalue weighted by atomic mass is 9.97. The predicted octanol–water partition coefficient (Wildman–Crippen LogP) is 4.12. The number of amides is 2. The van der Waals surface area contributed by atoms with Crippen molar-refractivity contribution in [3.8, 4) is 17.2 Å². The van der Waals surface area contributed by atoms with Crippen molar-refractivity contribution in [2.24, 2.45) is 5.92 Å². The van der Waals surface area contributed by atoms with Crippen LogP contribution in [0.1, 0.15) is 32.3 Å². The van der Waals surface area contributed by atoms with E-state index in [2.05, 4.69) is 11.8 Å². The van der Waals surface area contributed by atoms with Gasteiger partial charge in [-0.1, -0.05) is 19.1 Å². The second-order valence-electron chi connectivity index (χ2n) is 8.36. The van der Waals surface area contributed by atoms with Gasteiger partial charge < -0.3 is 19.1 Å². The summed E-state index contributed by atoms with van der Waals surface area (Å²) in [6.45, 7) is 6.12. The molecule has 2 amide bonds. The molecule has 1 fully saturated rings. The molecule has 1 saturated heterocycles. The SMILES string of the molecule is CCOc1ccc(C2=C(N3CCCC(C)C3)C(=O)N(c3cc(OC)ccc3OC)C2=O)cc1. The van der Waals surface area contributed by atoms with Crippen LogP contribution in [0.25, 0.3) is 5.57 Å².